The van der Waals surface area contributed by atoms with E-state index in [-0.39, 0.29) is 12.0 Å². The van der Waals surface area contributed by atoms with Crippen molar-refractivity contribution < 1.29 is 9.90 Å². The first-order valence-corrected chi connectivity index (χ1v) is 6.57. The second-order valence-corrected chi connectivity index (χ2v) is 4.84. The van der Waals surface area contributed by atoms with Gasteiger partial charge in [0.15, 0.2) is 0 Å². The number of amides is 1. The molecule has 0 aromatic heterocycles. The first-order chi connectivity index (χ1) is 8.06. The molecule has 17 heavy (non-hydrogen) atoms. The Morgan fingerprint density at radius 2 is 2.24 bits per heavy atom. The molecule has 1 aromatic carbocycles. The number of carbonyl (C=O) groups excluding carboxylic acids is 1. The van der Waals surface area contributed by atoms with Gasteiger partial charge in [0.2, 0.25) is 0 Å². The minimum atomic E-state index is -0.337. The zero-order valence-corrected chi connectivity index (χ0v) is 11.8. The normalized spacial score (nSPS) is 12.2. The van der Waals surface area contributed by atoms with Crippen molar-refractivity contribution >= 4 is 21.8 Å². The van der Waals surface area contributed by atoms with Gasteiger partial charge in [0.05, 0.1) is 11.7 Å². The van der Waals surface area contributed by atoms with Crippen molar-refractivity contribution in [3.63, 3.8) is 0 Å². The largest absolute Gasteiger partial charge is 0.393 e. The first kappa shape index (κ1) is 14.2. The molecule has 1 aromatic rings. The molecule has 1 unspecified atom stereocenters. The van der Waals surface area contributed by atoms with Crippen LogP contribution in [0.1, 0.15) is 35.7 Å². The average Bonchev–Trinajstić information content (AvgIpc) is 2.32. The Bertz CT molecular complexity index is 393. The van der Waals surface area contributed by atoms with Crippen LogP contribution in [-0.2, 0) is 0 Å². The molecule has 0 aliphatic heterocycles. The molecule has 0 saturated heterocycles. The van der Waals surface area contributed by atoms with Crippen LogP contribution >= 0.6 is 15.9 Å². The van der Waals surface area contributed by atoms with E-state index in [9.17, 15) is 9.90 Å². The molecule has 1 amide bonds. The molecule has 4 heteroatoms. The number of rotatable bonds is 5. The lowest BCUT2D eigenvalue weighted by atomic mass is 10.1. The monoisotopic (exact) mass is 299 g/mol. The van der Waals surface area contributed by atoms with Gasteiger partial charge in [-0.3, -0.25) is 4.79 Å². The number of aliphatic hydroxyl groups is 1. The van der Waals surface area contributed by atoms with Crippen molar-refractivity contribution in [1.29, 1.82) is 0 Å². The summed E-state index contributed by atoms with van der Waals surface area (Å²) in [6.45, 7) is 4.36. The molecule has 0 aliphatic carbocycles. The van der Waals surface area contributed by atoms with Gasteiger partial charge in [-0.1, -0.05) is 19.1 Å². The summed E-state index contributed by atoms with van der Waals surface area (Å²) in [6, 6.07) is 5.58. The van der Waals surface area contributed by atoms with Gasteiger partial charge in [0.1, 0.15) is 0 Å². The maximum absolute atomic E-state index is 11.9. The molecule has 1 rings (SSSR count). The summed E-state index contributed by atoms with van der Waals surface area (Å²) in [5.41, 5.74) is 1.67. The zero-order chi connectivity index (χ0) is 12.8. The van der Waals surface area contributed by atoms with Crippen LogP contribution in [0.2, 0.25) is 0 Å². The third-order valence-corrected chi connectivity index (χ3v) is 3.72. The van der Waals surface area contributed by atoms with Gasteiger partial charge in [-0.05, 0) is 47.3 Å². The molecule has 3 nitrogen and oxygen atoms in total. The van der Waals surface area contributed by atoms with E-state index in [1.165, 1.54) is 0 Å². The number of benzene rings is 1. The average molecular weight is 300 g/mol. The van der Waals surface area contributed by atoms with Gasteiger partial charge in [-0.25, -0.2) is 0 Å². The Hall–Kier alpha value is -0.870. The Morgan fingerprint density at radius 1 is 1.53 bits per heavy atom. The summed E-state index contributed by atoms with van der Waals surface area (Å²) >= 11 is 3.41. The zero-order valence-electron chi connectivity index (χ0n) is 10.2. The molecule has 94 valence electrons. The Labute approximate surface area is 110 Å². The summed E-state index contributed by atoms with van der Waals surface area (Å²) in [7, 11) is 0. The van der Waals surface area contributed by atoms with Gasteiger partial charge in [0.25, 0.3) is 5.91 Å². The maximum Gasteiger partial charge on any atom is 0.252 e. The quantitative estimate of drug-likeness (QED) is 0.878. The number of hydrogen-bond acceptors (Lipinski definition) is 2. The van der Waals surface area contributed by atoms with Gasteiger partial charge >= 0.3 is 0 Å². The number of nitrogens with one attached hydrogen (secondary N) is 1. The van der Waals surface area contributed by atoms with E-state index in [2.05, 4.69) is 21.2 Å². The van der Waals surface area contributed by atoms with Crippen LogP contribution in [0.4, 0.5) is 0 Å². The second kappa shape index (κ2) is 6.77. The SMILES string of the molecule is CCC(O)CCNC(=O)c1cccc(C)c1Br. The lowest BCUT2D eigenvalue weighted by Gasteiger charge is -2.10. The van der Waals surface area contributed by atoms with E-state index in [0.29, 0.717) is 24.9 Å². The molecule has 0 bridgehead atoms. The van der Waals surface area contributed by atoms with Crippen LogP contribution in [0, 0.1) is 6.92 Å². The summed E-state index contributed by atoms with van der Waals surface area (Å²) in [5.74, 6) is -0.108. The number of halogens is 1. The fourth-order valence-electron chi connectivity index (χ4n) is 1.47. The lowest BCUT2D eigenvalue weighted by Crippen LogP contribution is -2.27. The van der Waals surface area contributed by atoms with E-state index < -0.39 is 0 Å². The highest BCUT2D eigenvalue weighted by molar-refractivity contribution is 9.10. The van der Waals surface area contributed by atoms with Crippen LogP contribution in [0.3, 0.4) is 0 Å². The van der Waals surface area contributed by atoms with Gasteiger partial charge < -0.3 is 10.4 Å². The minimum absolute atomic E-state index is 0.108. The van der Waals surface area contributed by atoms with E-state index in [1.54, 1.807) is 6.07 Å². The highest BCUT2D eigenvalue weighted by atomic mass is 79.9. The van der Waals surface area contributed by atoms with Crippen molar-refractivity contribution in [3.05, 3.63) is 33.8 Å². The summed E-state index contributed by atoms with van der Waals surface area (Å²) in [4.78, 5) is 11.9. The van der Waals surface area contributed by atoms with Crippen LogP contribution in [0.15, 0.2) is 22.7 Å². The highest BCUT2D eigenvalue weighted by Gasteiger charge is 2.11. The van der Waals surface area contributed by atoms with Crippen LogP contribution < -0.4 is 5.32 Å². The predicted molar refractivity (Wildman–Crippen MR) is 72.1 cm³/mol. The number of carbonyl (C=O) groups is 1. The Kier molecular flexibility index (Phi) is 5.65. The van der Waals surface area contributed by atoms with Crippen molar-refractivity contribution in [2.75, 3.05) is 6.54 Å². The molecule has 2 N–H and O–H groups in total. The highest BCUT2D eigenvalue weighted by Crippen LogP contribution is 2.20. The molecule has 0 fully saturated rings. The van der Waals surface area contributed by atoms with E-state index in [1.807, 2.05) is 26.0 Å². The van der Waals surface area contributed by atoms with Gasteiger partial charge in [-0.2, -0.15) is 0 Å². The second-order valence-electron chi connectivity index (χ2n) is 4.04. The minimum Gasteiger partial charge on any atom is -0.393 e. The number of aliphatic hydroxyl groups excluding tert-OH is 1. The molecule has 0 saturated carbocycles. The molecule has 1 atom stereocenters. The maximum atomic E-state index is 11.9. The van der Waals surface area contributed by atoms with Crippen molar-refractivity contribution in [3.8, 4) is 0 Å². The Morgan fingerprint density at radius 3 is 2.88 bits per heavy atom. The molecule has 0 aliphatic rings. The van der Waals surface area contributed by atoms with Crippen molar-refractivity contribution in [1.82, 2.24) is 5.32 Å². The standard InChI is InChI=1S/C13H18BrNO2/c1-3-10(16)7-8-15-13(17)11-6-4-5-9(2)12(11)14/h4-6,10,16H,3,7-8H2,1-2H3,(H,15,17). The molecular formula is C13H18BrNO2. The van der Waals surface area contributed by atoms with E-state index >= 15 is 0 Å². The fraction of sp³-hybridized carbons (Fsp3) is 0.462. The van der Waals surface area contributed by atoms with Crippen molar-refractivity contribution in [2.24, 2.45) is 0 Å². The lowest BCUT2D eigenvalue weighted by molar-refractivity contribution is 0.0941. The Balaban J connectivity index is 2.56. The smallest absolute Gasteiger partial charge is 0.252 e. The van der Waals surface area contributed by atoms with Gasteiger partial charge in [0, 0.05) is 11.0 Å². The number of hydrogen-bond donors (Lipinski definition) is 2. The van der Waals surface area contributed by atoms with Gasteiger partial charge in [-0.15, -0.1) is 0 Å². The van der Waals surface area contributed by atoms with E-state index in [0.717, 1.165) is 10.0 Å². The van der Waals surface area contributed by atoms with Crippen LogP contribution in [0.5, 0.6) is 0 Å². The van der Waals surface area contributed by atoms with Crippen LogP contribution in [-0.4, -0.2) is 23.7 Å². The summed E-state index contributed by atoms with van der Waals surface area (Å²) in [5, 5.41) is 12.2. The topological polar surface area (TPSA) is 49.3 Å². The third kappa shape index (κ3) is 4.13. The summed E-state index contributed by atoms with van der Waals surface area (Å²) in [6.07, 6.45) is 0.964. The molecular weight excluding hydrogens is 282 g/mol. The van der Waals surface area contributed by atoms with Crippen molar-refractivity contribution in [2.45, 2.75) is 32.8 Å². The van der Waals surface area contributed by atoms with Crippen LogP contribution in [0.25, 0.3) is 0 Å². The number of aryl methyl sites for hydroxylation is 1. The molecule has 0 heterocycles. The molecule has 0 spiro atoms. The third-order valence-electron chi connectivity index (χ3n) is 2.67. The predicted octanol–water partition coefficient (Wildman–Crippen LogP) is 2.65. The van der Waals surface area contributed by atoms with E-state index in [4.69, 9.17) is 0 Å². The molecule has 0 radical (unpaired) electrons. The first-order valence-electron chi connectivity index (χ1n) is 5.77. The fourth-order valence-corrected chi connectivity index (χ4v) is 1.92. The summed E-state index contributed by atoms with van der Waals surface area (Å²) < 4.78 is 0.827.